The van der Waals surface area contributed by atoms with E-state index in [4.69, 9.17) is 9.15 Å². The zero-order valence-electron chi connectivity index (χ0n) is 15.7. The molecular formula is C19H19BrF3N3O4. The van der Waals surface area contributed by atoms with Crippen molar-refractivity contribution < 1.29 is 31.9 Å². The third-order valence-electron chi connectivity index (χ3n) is 4.42. The number of hydrogen-bond acceptors (Lipinski definition) is 6. The maximum atomic E-state index is 12.2. The van der Waals surface area contributed by atoms with Gasteiger partial charge in [-0.05, 0) is 43.5 Å². The van der Waals surface area contributed by atoms with E-state index in [0.29, 0.717) is 24.3 Å². The summed E-state index contributed by atoms with van der Waals surface area (Å²) in [5.41, 5.74) is 0.519. The van der Waals surface area contributed by atoms with Gasteiger partial charge in [0.25, 0.3) is 5.91 Å². The summed E-state index contributed by atoms with van der Waals surface area (Å²) >= 11 is 3.32. The maximum Gasteiger partial charge on any atom is 0.522 e. The number of aromatic nitrogens is 2. The fourth-order valence-corrected chi connectivity index (χ4v) is 3.05. The molecule has 0 radical (unpaired) electrons. The van der Waals surface area contributed by atoms with Gasteiger partial charge in [-0.15, -0.1) is 23.4 Å². The maximum absolute atomic E-state index is 12.2. The lowest BCUT2D eigenvalue weighted by Gasteiger charge is -2.32. The molecule has 30 heavy (non-hydrogen) atoms. The van der Waals surface area contributed by atoms with Gasteiger partial charge < -0.3 is 14.5 Å². The first-order chi connectivity index (χ1) is 14.2. The molecule has 0 saturated heterocycles. The molecule has 0 atom stereocenters. The lowest BCUT2D eigenvalue weighted by atomic mass is 9.82. The smallest absolute Gasteiger partial charge is 0.484 e. The average Bonchev–Trinajstić information content (AvgIpc) is 3.13. The third-order valence-corrected chi connectivity index (χ3v) is 4.95. The van der Waals surface area contributed by atoms with Crippen molar-refractivity contribution in [3.05, 3.63) is 47.1 Å². The zero-order valence-corrected chi connectivity index (χ0v) is 17.3. The van der Waals surface area contributed by atoms with Crippen molar-refractivity contribution >= 4 is 27.4 Å². The van der Waals surface area contributed by atoms with Crippen LogP contribution >= 0.6 is 15.9 Å². The van der Waals surface area contributed by atoms with E-state index in [-0.39, 0.29) is 43.1 Å². The summed E-state index contributed by atoms with van der Waals surface area (Å²) in [7, 11) is 0. The molecule has 0 unspecified atom stereocenters. The first-order valence-corrected chi connectivity index (χ1v) is 9.90. The fourth-order valence-electron chi connectivity index (χ4n) is 2.79. The SMILES string of the molecule is C=C(CCNC(=O)COc1ccc(Br)cc1)c1nnc(C2CC(OC(F)(F)F)C2)o1. The third kappa shape index (κ3) is 6.56. The Morgan fingerprint density at radius 2 is 1.97 bits per heavy atom. The van der Waals surface area contributed by atoms with Crippen molar-refractivity contribution in [3.8, 4) is 5.75 Å². The first-order valence-electron chi connectivity index (χ1n) is 9.11. The summed E-state index contributed by atoms with van der Waals surface area (Å²) in [4.78, 5) is 11.9. The van der Waals surface area contributed by atoms with Crippen LogP contribution in [-0.2, 0) is 9.53 Å². The number of hydrogen-bond donors (Lipinski definition) is 1. The molecule has 11 heteroatoms. The van der Waals surface area contributed by atoms with Gasteiger partial charge in [-0.3, -0.25) is 9.53 Å². The second-order valence-electron chi connectivity index (χ2n) is 6.75. The second kappa shape index (κ2) is 9.61. The summed E-state index contributed by atoms with van der Waals surface area (Å²) in [6.45, 7) is 4.02. The molecular weight excluding hydrogens is 471 g/mol. The highest BCUT2D eigenvalue weighted by Crippen LogP contribution is 2.41. The Hall–Kier alpha value is -2.40. The number of rotatable bonds is 9. The van der Waals surface area contributed by atoms with Gasteiger partial charge in [-0.25, -0.2) is 0 Å². The minimum absolute atomic E-state index is 0.123. The molecule has 7 nitrogen and oxygen atoms in total. The topological polar surface area (TPSA) is 86.5 Å². The first kappa shape index (κ1) is 22.3. The summed E-state index contributed by atoms with van der Waals surface area (Å²) in [6.07, 6.45) is -4.82. The van der Waals surface area contributed by atoms with Crippen LogP contribution in [-0.4, -0.2) is 41.7 Å². The second-order valence-corrected chi connectivity index (χ2v) is 7.66. The molecule has 1 aromatic carbocycles. The highest BCUT2D eigenvalue weighted by atomic mass is 79.9. The predicted octanol–water partition coefficient (Wildman–Crippen LogP) is 4.21. The monoisotopic (exact) mass is 489 g/mol. The van der Waals surface area contributed by atoms with Crippen LogP contribution in [0, 0.1) is 0 Å². The van der Waals surface area contributed by atoms with Crippen molar-refractivity contribution in [3.63, 3.8) is 0 Å². The van der Waals surface area contributed by atoms with Gasteiger partial charge in [-0.1, -0.05) is 22.5 Å². The Morgan fingerprint density at radius 3 is 2.63 bits per heavy atom. The number of halogens is 4. The molecule has 0 aliphatic heterocycles. The normalized spacial score (nSPS) is 18.5. The number of benzene rings is 1. The number of ether oxygens (including phenoxy) is 2. The predicted molar refractivity (Wildman–Crippen MR) is 103 cm³/mol. The van der Waals surface area contributed by atoms with Crippen molar-refractivity contribution in [1.29, 1.82) is 0 Å². The molecule has 1 aromatic heterocycles. The Labute approximate surface area is 178 Å². The summed E-state index contributed by atoms with van der Waals surface area (Å²) in [6, 6.07) is 7.10. The van der Waals surface area contributed by atoms with E-state index in [2.05, 4.69) is 42.8 Å². The number of carbonyl (C=O) groups is 1. The number of carbonyl (C=O) groups excluding carboxylic acids is 1. The summed E-state index contributed by atoms with van der Waals surface area (Å²) in [5.74, 6) is 0.490. The van der Waals surface area contributed by atoms with Crippen LogP contribution in [0.15, 0.2) is 39.7 Å². The van der Waals surface area contributed by atoms with Crippen LogP contribution in [0.1, 0.15) is 37.0 Å². The van der Waals surface area contributed by atoms with Gasteiger partial charge in [-0.2, -0.15) is 0 Å². The molecule has 1 heterocycles. The fraction of sp³-hybridized carbons (Fsp3) is 0.421. The molecule has 1 aliphatic carbocycles. The standard InChI is InChI=1S/C19H19BrF3N3O4/c1-11(6-7-24-16(27)10-28-14-4-2-13(20)3-5-14)17-25-26-18(29-17)12-8-15(9-12)30-19(21,22)23/h2-5,12,15H,1,6-10H2,(H,24,27). The van der Waals surface area contributed by atoms with Gasteiger partial charge >= 0.3 is 6.36 Å². The van der Waals surface area contributed by atoms with E-state index in [9.17, 15) is 18.0 Å². The van der Waals surface area contributed by atoms with E-state index in [1.807, 2.05) is 12.1 Å². The number of amides is 1. The number of nitrogens with one attached hydrogen (secondary N) is 1. The molecule has 1 saturated carbocycles. The summed E-state index contributed by atoms with van der Waals surface area (Å²) in [5, 5.41) is 10.5. The van der Waals surface area contributed by atoms with Gasteiger partial charge in [0.15, 0.2) is 6.61 Å². The summed E-state index contributed by atoms with van der Waals surface area (Å²) < 4.78 is 52.2. The van der Waals surface area contributed by atoms with E-state index in [1.54, 1.807) is 12.1 Å². The molecule has 3 rings (SSSR count). The Balaban J connectivity index is 1.35. The van der Waals surface area contributed by atoms with Crippen molar-refractivity contribution in [2.24, 2.45) is 0 Å². The van der Waals surface area contributed by atoms with Crippen LogP contribution in [0.3, 0.4) is 0 Å². The van der Waals surface area contributed by atoms with Gasteiger partial charge in [0.05, 0.1) is 6.10 Å². The lowest BCUT2D eigenvalue weighted by molar-refractivity contribution is -0.352. The van der Waals surface area contributed by atoms with Crippen LogP contribution in [0.4, 0.5) is 13.2 Å². The Kier molecular flexibility index (Phi) is 7.14. The minimum Gasteiger partial charge on any atom is -0.484 e. The molecule has 1 amide bonds. The van der Waals surface area contributed by atoms with Crippen molar-refractivity contribution in [2.75, 3.05) is 13.2 Å². The molecule has 1 fully saturated rings. The lowest BCUT2D eigenvalue weighted by Crippen LogP contribution is -2.34. The zero-order chi connectivity index (χ0) is 21.7. The molecule has 0 spiro atoms. The molecule has 0 bridgehead atoms. The average molecular weight is 490 g/mol. The van der Waals surface area contributed by atoms with E-state index >= 15 is 0 Å². The molecule has 2 aromatic rings. The van der Waals surface area contributed by atoms with E-state index < -0.39 is 12.5 Å². The van der Waals surface area contributed by atoms with Crippen molar-refractivity contribution in [2.45, 2.75) is 37.6 Å². The van der Waals surface area contributed by atoms with Crippen LogP contribution < -0.4 is 10.1 Å². The Bertz CT molecular complexity index is 880. The Morgan fingerprint density at radius 1 is 1.27 bits per heavy atom. The number of alkyl halides is 3. The quantitative estimate of drug-likeness (QED) is 0.567. The highest BCUT2D eigenvalue weighted by molar-refractivity contribution is 9.10. The molecule has 1 N–H and O–H groups in total. The van der Waals surface area contributed by atoms with E-state index in [1.165, 1.54) is 0 Å². The highest BCUT2D eigenvalue weighted by Gasteiger charge is 2.42. The van der Waals surface area contributed by atoms with Crippen LogP contribution in [0.5, 0.6) is 5.75 Å². The van der Waals surface area contributed by atoms with Gasteiger partial charge in [0.1, 0.15) is 5.75 Å². The van der Waals surface area contributed by atoms with Gasteiger partial charge in [0, 0.05) is 22.5 Å². The molecule has 1 aliphatic rings. The largest absolute Gasteiger partial charge is 0.522 e. The number of nitrogens with zero attached hydrogens (tertiary/aromatic N) is 2. The van der Waals surface area contributed by atoms with Crippen LogP contribution in [0.2, 0.25) is 0 Å². The molecule has 162 valence electrons. The van der Waals surface area contributed by atoms with Crippen molar-refractivity contribution in [1.82, 2.24) is 15.5 Å². The van der Waals surface area contributed by atoms with Crippen LogP contribution in [0.25, 0.3) is 5.57 Å². The minimum atomic E-state index is -4.64. The van der Waals surface area contributed by atoms with E-state index in [0.717, 1.165) is 4.47 Å². The van der Waals surface area contributed by atoms with Gasteiger partial charge in [0.2, 0.25) is 11.8 Å².